The summed E-state index contributed by atoms with van der Waals surface area (Å²) in [6.07, 6.45) is 0. The number of rotatable bonds is 4. The van der Waals surface area contributed by atoms with Crippen LogP contribution < -0.4 is 5.32 Å². The van der Waals surface area contributed by atoms with Gasteiger partial charge in [0.05, 0.1) is 10.7 Å². The van der Waals surface area contributed by atoms with E-state index in [-0.39, 0.29) is 11.6 Å². The lowest BCUT2D eigenvalue weighted by Crippen LogP contribution is -2.19. The predicted molar refractivity (Wildman–Crippen MR) is 123 cm³/mol. The molecule has 1 heterocycles. The van der Waals surface area contributed by atoms with Crippen molar-refractivity contribution in [2.24, 2.45) is 0 Å². The van der Waals surface area contributed by atoms with Crippen LogP contribution in [0.3, 0.4) is 0 Å². The van der Waals surface area contributed by atoms with Crippen LogP contribution in [0.4, 0.5) is 0 Å². The van der Waals surface area contributed by atoms with Crippen molar-refractivity contribution in [3.63, 3.8) is 0 Å². The van der Waals surface area contributed by atoms with E-state index < -0.39 is 0 Å². The van der Waals surface area contributed by atoms with Gasteiger partial charge in [0.25, 0.3) is 5.91 Å². The molecule has 150 valence electrons. The second-order valence-corrected chi connectivity index (χ2v) is 7.80. The Morgan fingerprint density at radius 1 is 0.900 bits per heavy atom. The standard InChI is InChI=1S/C23H16Cl3N3O/c1-27-23(30)20-21(14-6-4-7-15(24)12-14)29(17-9-5-8-16(25)13-17)22(28-20)18-10-2-3-11-19(18)26/h2-13H,1H3,(H,27,30). The van der Waals surface area contributed by atoms with E-state index in [1.54, 1.807) is 31.3 Å². The first kappa shape index (κ1) is 20.5. The smallest absolute Gasteiger partial charge is 0.271 e. The van der Waals surface area contributed by atoms with Crippen molar-refractivity contribution in [2.75, 3.05) is 7.05 Å². The van der Waals surface area contributed by atoms with Crippen molar-refractivity contribution in [1.29, 1.82) is 0 Å². The fourth-order valence-electron chi connectivity index (χ4n) is 3.29. The molecule has 7 heteroatoms. The van der Waals surface area contributed by atoms with Gasteiger partial charge < -0.3 is 5.32 Å². The maximum Gasteiger partial charge on any atom is 0.271 e. The zero-order valence-electron chi connectivity index (χ0n) is 15.9. The average Bonchev–Trinajstić information content (AvgIpc) is 3.14. The molecule has 4 rings (SSSR count). The van der Waals surface area contributed by atoms with E-state index in [1.807, 2.05) is 53.1 Å². The molecule has 0 aliphatic heterocycles. The van der Waals surface area contributed by atoms with Crippen LogP contribution in [-0.4, -0.2) is 22.5 Å². The molecule has 3 aromatic carbocycles. The van der Waals surface area contributed by atoms with E-state index in [2.05, 4.69) is 5.32 Å². The van der Waals surface area contributed by atoms with Crippen molar-refractivity contribution >= 4 is 40.7 Å². The summed E-state index contributed by atoms with van der Waals surface area (Å²) >= 11 is 19.0. The number of halogens is 3. The Morgan fingerprint density at radius 2 is 1.60 bits per heavy atom. The summed E-state index contributed by atoms with van der Waals surface area (Å²) < 4.78 is 1.88. The lowest BCUT2D eigenvalue weighted by molar-refractivity contribution is 0.0959. The predicted octanol–water partition coefficient (Wildman–Crippen LogP) is 6.53. The topological polar surface area (TPSA) is 46.9 Å². The minimum atomic E-state index is -0.320. The van der Waals surface area contributed by atoms with Gasteiger partial charge in [-0.05, 0) is 42.5 Å². The zero-order valence-corrected chi connectivity index (χ0v) is 18.1. The summed E-state index contributed by atoms with van der Waals surface area (Å²) in [5.74, 6) is 0.204. The highest BCUT2D eigenvalue weighted by Gasteiger charge is 2.26. The first-order chi connectivity index (χ1) is 14.5. The molecule has 0 bridgehead atoms. The van der Waals surface area contributed by atoms with E-state index in [4.69, 9.17) is 39.8 Å². The summed E-state index contributed by atoms with van der Waals surface area (Å²) in [6, 6.07) is 22.0. The summed E-state index contributed by atoms with van der Waals surface area (Å²) in [7, 11) is 1.57. The van der Waals surface area contributed by atoms with Crippen LogP contribution in [0.15, 0.2) is 72.8 Å². The highest BCUT2D eigenvalue weighted by atomic mass is 35.5. The monoisotopic (exact) mass is 455 g/mol. The number of hydrogen-bond acceptors (Lipinski definition) is 2. The van der Waals surface area contributed by atoms with Crippen molar-refractivity contribution in [3.8, 4) is 28.3 Å². The first-order valence-electron chi connectivity index (χ1n) is 9.11. The zero-order chi connectivity index (χ0) is 21.3. The molecule has 4 nitrogen and oxygen atoms in total. The summed E-state index contributed by atoms with van der Waals surface area (Å²) in [5.41, 5.74) is 3.03. The molecular formula is C23H16Cl3N3O. The van der Waals surface area contributed by atoms with E-state index in [9.17, 15) is 4.79 Å². The lowest BCUT2D eigenvalue weighted by Gasteiger charge is -2.14. The lowest BCUT2D eigenvalue weighted by atomic mass is 10.1. The molecule has 0 atom stereocenters. The van der Waals surface area contributed by atoms with Gasteiger partial charge in [-0.2, -0.15) is 0 Å². The first-order valence-corrected chi connectivity index (χ1v) is 10.2. The Labute approximate surface area is 189 Å². The maximum atomic E-state index is 12.8. The van der Waals surface area contributed by atoms with Gasteiger partial charge in [-0.1, -0.05) is 65.1 Å². The van der Waals surface area contributed by atoms with Crippen LogP contribution in [-0.2, 0) is 0 Å². The van der Waals surface area contributed by atoms with E-state index in [1.165, 1.54) is 0 Å². The number of hydrogen-bond donors (Lipinski definition) is 1. The number of carbonyl (C=O) groups excluding carboxylic acids is 1. The SMILES string of the molecule is CNC(=O)c1nc(-c2ccccc2Cl)n(-c2cccc(Cl)c2)c1-c1cccc(Cl)c1. The van der Waals surface area contributed by atoms with Gasteiger partial charge in [0.15, 0.2) is 5.69 Å². The molecule has 30 heavy (non-hydrogen) atoms. The Hall–Kier alpha value is -2.79. The third kappa shape index (κ3) is 3.82. The van der Waals surface area contributed by atoms with Crippen molar-refractivity contribution in [1.82, 2.24) is 14.9 Å². The molecule has 0 spiro atoms. The number of nitrogens with one attached hydrogen (secondary N) is 1. The Bertz CT molecular complexity index is 1250. The van der Waals surface area contributed by atoms with Crippen LogP contribution in [0.25, 0.3) is 28.3 Å². The third-order valence-corrected chi connectivity index (χ3v) is 5.40. The highest BCUT2D eigenvalue weighted by molar-refractivity contribution is 6.33. The molecular weight excluding hydrogens is 441 g/mol. The summed E-state index contributed by atoms with van der Waals surface area (Å²) in [4.78, 5) is 17.5. The molecule has 4 aromatic rings. The van der Waals surface area contributed by atoms with Crippen molar-refractivity contribution in [3.05, 3.63) is 93.6 Å². The van der Waals surface area contributed by atoms with Gasteiger partial charge in [-0.15, -0.1) is 0 Å². The molecule has 0 radical (unpaired) electrons. The van der Waals surface area contributed by atoms with Crippen LogP contribution >= 0.6 is 34.8 Å². The molecule has 0 fully saturated rings. The molecule has 0 aliphatic carbocycles. The molecule has 1 amide bonds. The number of aromatic nitrogens is 2. The van der Waals surface area contributed by atoms with Crippen LogP contribution in [0.5, 0.6) is 0 Å². The van der Waals surface area contributed by atoms with E-state index in [0.29, 0.717) is 32.1 Å². The van der Waals surface area contributed by atoms with Gasteiger partial charge >= 0.3 is 0 Å². The normalized spacial score (nSPS) is 10.8. The Morgan fingerprint density at radius 3 is 2.27 bits per heavy atom. The maximum absolute atomic E-state index is 12.8. The fraction of sp³-hybridized carbons (Fsp3) is 0.0435. The number of amides is 1. The molecule has 0 saturated heterocycles. The molecule has 0 unspecified atom stereocenters. The molecule has 1 aromatic heterocycles. The molecule has 0 saturated carbocycles. The molecule has 0 aliphatic rings. The van der Waals surface area contributed by atoms with Crippen molar-refractivity contribution < 1.29 is 4.79 Å². The van der Waals surface area contributed by atoms with Crippen LogP contribution in [0.1, 0.15) is 10.5 Å². The van der Waals surface area contributed by atoms with Crippen LogP contribution in [0, 0.1) is 0 Å². The fourth-order valence-corrected chi connectivity index (χ4v) is 3.88. The third-order valence-electron chi connectivity index (χ3n) is 4.60. The van der Waals surface area contributed by atoms with E-state index >= 15 is 0 Å². The van der Waals surface area contributed by atoms with Crippen LogP contribution in [0.2, 0.25) is 15.1 Å². The molecule has 1 N–H and O–H groups in total. The van der Waals surface area contributed by atoms with Gasteiger partial charge in [0, 0.05) is 33.9 Å². The van der Waals surface area contributed by atoms with Gasteiger partial charge in [-0.3, -0.25) is 9.36 Å². The summed E-state index contributed by atoms with van der Waals surface area (Å²) in [6.45, 7) is 0. The number of nitrogens with zero attached hydrogens (tertiary/aromatic N) is 2. The second-order valence-electron chi connectivity index (χ2n) is 6.52. The van der Waals surface area contributed by atoms with E-state index in [0.717, 1.165) is 11.3 Å². The minimum absolute atomic E-state index is 0.259. The highest BCUT2D eigenvalue weighted by Crippen LogP contribution is 2.37. The average molecular weight is 457 g/mol. The Kier molecular flexibility index (Phi) is 5.82. The second kappa shape index (κ2) is 8.52. The number of benzene rings is 3. The number of imidazole rings is 1. The Balaban J connectivity index is 2.14. The largest absolute Gasteiger partial charge is 0.354 e. The number of carbonyl (C=O) groups is 1. The summed E-state index contributed by atoms with van der Waals surface area (Å²) in [5, 5.41) is 4.30. The van der Waals surface area contributed by atoms with Gasteiger partial charge in [0.1, 0.15) is 5.82 Å². The van der Waals surface area contributed by atoms with Crippen molar-refractivity contribution in [2.45, 2.75) is 0 Å². The minimum Gasteiger partial charge on any atom is -0.354 e. The van der Waals surface area contributed by atoms with Gasteiger partial charge in [-0.25, -0.2) is 4.98 Å². The quantitative estimate of drug-likeness (QED) is 0.380. The van der Waals surface area contributed by atoms with Gasteiger partial charge in [0.2, 0.25) is 0 Å².